The summed E-state index contributed by atoms with van der Waals surface area (Å²) < 4.78 is 0. The van der Waals surface area contributed by atoms with E-state index in [4.69, 9.17) is 0 Å². The van der Waals surface area contributed by atoms with Gasteiger partial charge in [-0.05, 0) is 121 Å². The van der Waals surface area contributed by atoms with Gasteiger partial charge in [-0.3, -0.25) is 6.08 Å². The van der Waals surface area contributed by atoms with E-state index in [1.165, 1.54) is 99.0 Å². The van der Waals surface area contributed by atoms with Crippen LogP contribution in [0.25, 0.3) is 0 Å². The Morgan fingerprint density at radius 1 is 0.311 bits per heavy atom. The first-order valence-electron chi connectivity index (χ1n) is 25.2. The van der Waals surface area contributed by atoms with E-state index >= 15 is 0 Å². The molecule has 0 amide bonds. The Labute approximate surface area is 476 Å². The third-order valence-electron chi connectivity index (χ3n) is 15.3. The molecule has 0 aromatic heterocycles. The van der Waals surface area contributed by atoms with Crippen molar-refractivity contribution in [2.45, 2.75) is 71.3 Å². The average molecular weight is 1070 g/mol. The molecule has 1 aliphatic carbocycles. The average Bonchev–Trinajstić information content (AvgIpc) is 3.59. The second-order valence-electron chi connectivity index (χ2n) is 19.7. The van der Waals surface area contributed by atoms with Crippen molar-refractivity contribution >= 4 is 23.6 Å². The summed E-state index contributed by atoms with van der Waals surface area (Å²) in [5, 5.41) is 4.06. The minimum Gasteiger partial charge on any atom is -1.00 e. The fourth-order valence-electron chi connectivity index (χ4n) is 11.9. The molecule has 9 aromatic carbocycles. The molecule has 5 heteroatoms. The maximum atomic E-state index is 4.52. The molecule has 9 aromatic rings. The van der Waals surface area contributed by atoms with Crippen molar-refractivity contribution in [1.82, 2.24) is 0 Å². The number of rotatable bonds is 16. The van der Waals surface area contributed by atoms with E-state index in [1.807, 2.05) is 0 Å². The zero-order valence-corrected chi connectivity index (χ0v) is 47.7. The molecule has 0 aliphatic heterocycles. The van der Waals surface area contributed by atoms with Gasteiger partial charge in [0.25, 0.3) is 0 Å². The fourth-order valence-corrected chi connectivity index (χ4v) is 19.2. The molecule has 0 saturated carbocycles. The van der Waals surface area contributed by atoms with Crippen LogP contribution < -0.4 is 52.8 Å². The van der Waals surface area contributed by atoms with Crippen molar-refractivity contribution in [3.63, 3.8) is 0 Å². The first-order chi connectivity index (χ1) is 34.3. The number of hydrogen-bond acceptors (Lipinski definition) is 0. The molecule has 0 bridgehead atoms. The molecular formula is C69H63Cl3SiTi. The molecule has 368 valence electrons. The van der Waals surface area contributed by atoms with Crippen molar-refractivity contribution in [3.8, 4) is 0 Å². The Balaban J connectivity index is 0.00000223. The molecule has 1 unspecified atom stereocenters. The summed E-state index contributed by atoms with van der Waals surface area (Å²) in [6, 6.07) is 89.4. The Morgan fingerprint density at radius 3 is 0.689 bits per heavy atom. The normalized spacial score (nSPS) is 13.9. The second kappa shape index (κ2) is 26.2. The Bertz CT molecular complexity index is 2790. The number of halogens is 3. The molecule has 0 heterocycles. The van der Waals surface area contributed by atoms with Crippen LogP contribution in [-0.2, 0) is 60.2 Å². The van der Waals surface area contributed by atoms with E-state index in [-0.39, 0.29) is 58.9 Å². The van der Waals surface area contributed by atoms with E-state index in [9.17, 15) is 0 Å². The van der Waals surface area contributed by atoms with Crippen molar-refractivity contribution in [2.75, 3.05) is 0 Å². The summed E-state index contributed by atoms with van der Waals surface area (Å²) in [7, 11) is -3.64. The molecule has 1 aliphatic rings. The largest absolute Gasteiger partial charge is 4.00 e. The fraction of sp³-hybridized carbons (Fsp3) is 0.159. The van der Waals surface area contributed by atoms with Crippen LogP contribution >= 0.6 is 0 Å². The molecule has 0 nitrogen and oxygen atoms in total. The molecule has 10 rings (SSSR count). The van der Waals surface area contributed by atoms with Crippen molar-refractivity contribution in [2.24, 2.45) is 0 Å². The monoisotopic (exact) mass is 1070 g/mol. The second-order valence-corrected chi connectivity index (χ2v) is 23.7. The van der Waals surface area contributed by atoms with Crippen LogP contribution in [0.2, 0.25) is 5.04 Å². The van der Waals surface area contributed by atoms with Gasteiger partial charge in [-0.2, -0.15) is 11.1 Å². The third kappa shape index (κ3) is 11.9. The first-order valence-corrected chi connectivity index (χ1v) is 27.2. The van der Waals surface area contributed by atoms with Crippen LogP contribution in [0, 0.1) is 6.08 Å². The van der Waals surface area contributed by atoms with Crippen molar-refractivity contribution in [3.05, 3.63) is 326 Å². The zero-order chi connectivity index (χ0) is 47.9. The molecule has 1 atom stereocenters. The molecule has 0 saturated heterocycles. The van der Waals surface area contributed by atoms with Crippen LogP contribution in [-0.4, -0.2) is 8.07 Å². The van der Waals surface area contributed by atoms with Gasteiger partial charge in [-0.15, -0.1) is 6.92 Å². The van der Waals surface area contributed by atoms with Gasteiger partial charge in [0.2, 0.25) is 0 Å². The smallest absolute Gasteiger partial charge is 1.00 e. The third-order valence-corrected chi connectivity index (χ3v) is 21.5. The molecule has 0 radical (unpaired) electrons. The minimum absolute atomic E-state index is 0. The van der Waals surface area contributed by atoms with Crippen LogP contribution in [0.5, 0.6) is 0 Å². The maximum Gasteiger partial charge on any atom is 4.00 e. The predicted molar refractivity (Wildman–Crippen MR) is 299 cm³/mol. The number of hydrogen-bond donors (Lipinski definition) is 0. The topological polar surface area (TPSA) is 0 Å². The maximum absolute atomic E-state index is 4.52. The van der Waals surface area contributed by atoms with Gasteiger partial charge in [0.1, 0.15) is 8.07 Å². The van der Waals surface area contributed by atoms with Crippen LogP contribution in [0.1, 0.15) is 94.5 Å². The summed E-state index contributed by atoms with van der Waals surface area (Å²) in [6.45, 7) is 9.78. The van der Waals surface area contributed by atoms with Crippen LogP contribution in [0.4, 0.5) is 0 Å². The van der Waals surface area contributed by atoms with Crippen molar-refractivity contribution in [1.29, 1.82) is 0 Å². The summed E-state index contributed by atoms with van der Waals surface area (Å²) >= 11 is 0. The van der Waals surface area contributed by atoms with Crippen LogP contribution in [0.15, 0.2) is 253 Å². The van der Waals surface area contributed by atoms with E-state index in [0.29, 0.717) is 0 Å². The summed E-state index contributed by atoms with van der Waals surface area (Å²) in [6.07, 6.45) is 9.42. The predicted octanol–water partition coefficient (Wildman–Crippen LogP) is 5.57. The standard InChI is InChI=1S/C69H63Si.3ClH.Ti/c1-51-50-69(4,53(3)52(51)2)70(66-60(44-54-26-11-5-12-27-54)38-23-39-61(66)45-55-28-13-6-14-29-55,67-62(46-56-30-15-7-16-31-56)40-24-41-63(67)47-57-32-17-8-18-33-57)68-64(48-58-34-19-9-20-35-58)42-25-43-65(68)49-59-36-21-10-22-37-59;;;;/h5-43H,44-49H2,1-4H3;3*1H;/q-1;;;;+4/p-3. The Kier molecular flexibility index (Phi) is 20.3. The van der Waals surface area contributed by atoms with Gasteiger partial charge >= 0.3 is 21.7 Å². The summed E-state index contributed by atoms with van der Waals surface area (Å²) in [5.41, 5.74) is 20.4. The molecule has 0 N–H and O–H groups in total. The Hall–Kier alpha value is -5.74. The molecule has 0 fully saturated rings. The molecule has 74 heavy (non-hydrogen) atoms. The van der Waals surface area contributed by atoms with Crippen molar-refractivity contribution < 1.29 is 58.9 Å². The molecule has 0 spiro atoms. The minimum atomic E-state index is -3.64. The molecular weight excluding hydrogens is 1010 g/mol. The first kappa shape index (κ1) is 57.5. The van der Waals surface area contributed by atoms with E-state index < -0.39 is 13.1 Å². The summed E-state index contributed by atoms with van der Waals surface area (Å²) in [5.74, 6) is 0. The summed E-state index contributed by atoms with van der Waals surface area (Å²) in [4.78, 5) is 0. The van der Waals surface area contributed by atoms with E-state index in [0.717, 1.165) is 38.5 Å². The Morgan fingerprint density at radius 2 is 0.514 bits per heavy atom. The van der Waals surface area contributed by atoms with Crippen LogP contribution in [0.3, 0.4) is 0 Å². The quantitative estimate of drug-likeness (QED) is 0.0676. The van der Waals surface area contributed by atoms with Gasteiger partial charge in [-0.25, -0.2) is 5.57 Å². The van der Waals surface area contributed by atoms with Gasteiger partial charge in [0.05, 0.1) is 0 Å². The van der Waals surface area contributed by atoms with Gasteiger partial charge < -0.3 is 37.2 Å². The van der Waals surface area contributed by atoms with E-state index in [1.54, 1.807) is 0 Å². The SMILES string of the molecule is CC1=[C-]C(C)([Si](c2c(Cc3ccccc3)cccc2Cc2ccccc2)(c2c(Cc3ccccc3)cccc2Cc2ccccc2)c2c(Cc3ccccc3)cccc2Cc2ccccc2)C(C)=C1C.[Cl-].[Cl-].[Cl-].[Ti+4]. The van der Waals surface area contributed by atoms with Gasteiger partial charge in [0, 0.05) is 0 Å². The van der Waals surface area contributed by atoms with E-state index in [2.05, 4.69) is 270 Å². The van der Waals surface area contributed by atoms with Gasteiger partial charge in [-0.1, -0.05) is 262 Å². The number of benzene rings is 9. The zero-order valence-electron chi connectivity index (χ0n) is 42.9. The number of allylic oxidation sites excluding steroid dienone is 4. The van der Waals surface area contributed by atoms with Gasteiger partial charge in [0.15, 0.2) is 0 Å².